The van der Waals surface area contributed by atoms with Gasteiger partial charge in [0.05, 0.1) is 24.4 Å². The number of aliphatic hydroxyl groups is 1. The number of ether oxygens (including phenoxy) is 3. The van der Waals surface area contributed by atoms with Crippen molar-refractivity contribution in [3.8, 4) is 0 Å². The van der Waals surface area contributed by atoms with Gasteiger partial charge in [-0.3, -0.25) is 0 Å². The van der Waals surface area contributed by atoms with E-state index in [0.29, 0.717) is 6.79 Å². The molecule has 1 N–H and O–H groups in total. The SMILES string of the molecule is C=CCCC[C@@H](O)[C@H]1CC[C@H]([C@@H](CCCCCCCCCCCC)OCOC)O1. The topological polar surface area (TPSA) is 47.9 Å². The van der Waals surface area contributed by atoms with Crippen molar-refractivity contribution >= 4 is 0 Å². The Kier molecular flexibility index (Phi) is 16.8. The van der Waals surface area contributed by atoms with Crippen LogP contribution in [0.15, 0.2) is 12.7 Å². The molecule has 0 bridgehead atoms. The maximum Gasteiger partial charge on any atom is 0.146 e. The minimum Gasteiger partial charge on any atom is -0.390 e. The normalized spacial score (nSPS) is 21.3. The van der Waals surface area contributed by atoms with Crippen molar-refractivity contribution in [2.75, 3.05) is 13.9 Å². The number of rotatable bonds is 20. The van der Waals surface area contributed by atoms with Crippen molar-refractivity contribution in [3.05, 3.63) is 12.7 Å². The Bertz CT molecular complexity index is 374. The first-order chi connectivity index (χ1) is 14.2. The summed E-state index contributed by atoms with van der Waals surface area (Å²) < 4.78 is 17.3. The minimum atomic E-state index is -0.375. The lowest BCUT2D eigenvalue weighted by Gasteiger charge is -2.25. The molecule has 1 aliphatic rings. The van der Waals surface area contributed by atoms with Crippen LogP contribution in [0.25, 0.3) is 0 Å². The van der Waals surface area contributed by atoms with Gasteiger partial charge < -0.3 is 19.3 Å². The van der Waals surface area contributed by atoms with Crippen LogP contribution in [-0.4, -0.2) is 43.4 Å². The molecule has 0 aromatic carbocycles. The lowest BCUT2D eigenvalue weighted by molar-refractivity contribution is -0.138. The third-order valence-corrected chi connectivity index (χ3v) is 6.08. The van der Waals surface area contributed by atoms with E-state index in [2.05, 4.69) is 13.5 Å². The smallest absolute Gasteiger partial charge is 0.146 e. The molecule has 1 rings (SSSR count). The molecular weight excluding hydrogens is 364 g/mol. The Balaban J connectivity index is 2.20. The fourth-order valence-corrected chi connectivity index (χ4v) is 4.27. The van der Waals surface area contributed by atoms with Gasteiger partial charge in [-0.15, -0.1) is 6.58 Å². The first kappa shape index (κ1) is 26.6. The molecule has 172 valence electrons. The molecule has 0 aromatic heterocycles. The molecule has 1 fully saturated rings. The zero-order valence-corrected chi connectivity index (χ0v) is 19.3. The average molecular weight is 413 g/mol. The largest absolute Gasteiger partial charge is 0.390 e. The summed E-state index contributed by atoms with van der Waals surface area (Å²) in [5.41, 5.74) is 0. The predicted octanol–water partition coefficient (Wildman–Crippen LogP) is 6.55. The van der Waals surface area contributed by atoms with Crippen molar-refractivity contribution in [3.63, 3.8) is 0 Å². The van der Waals surface area contributed by atoms with Crippen LogP contribution in [0.5, 0.6) is 0 Å². The number of methoxy groups -OCH3 is 1. The predicted molar refractivity (Wildman–Crippen MR) is 121 cm³/mol. The Labute approximate surface area is 180 Å². The Morgan fingerprint density at radius 1 is 0.931 bits per heavy atom. The molecule has 0 saturated carbocycles. The van der Waals surface area contributed by atoms with Gasteiger partial charge in [-0.25, -0.2) is 0 Å². The van der Waals surface area contributed by atoms with Crippen molar-refractivity contribution in [2.24, 2.45) is 0 Å². The van der Waals surface area contributed by atoms with Gasteiger partial charge in [-0.05, 0) is 38.5 Å². The van der Waals surface area contributed by atoms with Crippen LogP contribution in [0.4, 0.5) is 0 Å². The fraction of sp³-hybridized carbons (Fsp3) is 0.920. The van der Waals surface area contributed by atoms with Gasteiger partial charge in [0.25, 0.3) is 0 Å². The van der Waals surface area contributed by atoms with E-state index in [0.717, 1.165) is 38.5 Å². The first-order valence-corrected chi connectivity index (χ1v) is 12.3. The van der Waals surface area contributed by atoms with Crippen molar-refractivity contribution in [2.45, 2.75) is 134 Å². The van der Waals surface area contributed by atoms with E-state index in [1.165, 1.54) is 64.2 Å². The second-order valence-corrected chi connectivity index (χ2v) is 8.66. The van der Waals surface area contributed by atoms with Crippen molar-refractivity contribution < 1.29 is 19.3 Å². The lowest BCUT2D eigenvalue weighted by Crippen LogP contribution is -2.33. The molecule has 4 heteroatoms. The fourth-order valence-electron chi connectivity index (χ4n) is 4.27. The molecule has 0 aromatic rings. The lowest BCUT2D eigenvalue weighted by atomic mass is 10.0. The molecule has 4 atom stereocenters. The van der Waals surface area contributed by atoms with Gasteiger partial charge >= 0.3 is 0 Å². The van der Waals surface area contributed by atoms with E-state index in [-0.39, 0.29) is 24.4 Å². The molecule has 0 spiro atoms. The van der Waals surface area contributed by atoms with Crippen molar-refractivity contribution in [1.29, 1.82) is 0 Å². The number of allylic oxidation sites excluding steroid dienone is 1. The zero-order valence-electron chi connectivity index (χ0n) is 19.3. The average Bonchev–Trinajstić information content (AvgIpc) is 3.22. The molecule has 29 heavy (non-hydrogen) atoms. The quantitative estimate of drug-likeness (QED) is 0.140. The monoisotopic (exact) mass is 412 g/mol. The Hall–Kier alpha value is -0.420. The molecule has 0 radical (unpaired) electrons. The zero-order chi connectivity index (χ0) is 21.2. The van der Waals surface area contributed by atoms with Gasteiger partial charge in [0, 0.05) is 7.11 Å². The van der Waals surface area contributed by atoms with Gasteiger partial charge in [0.2, 0.25) is 0 Å². The summed E-state index contributed by atoms with van der Waals surface area (Å²) >= 11 is 0. The summed E-state index contributed by atoms with van der Waals surface area (Å²) in [6.07, 6.45) is 20.7. The van der Waals surface area contributed by atoms with Crippen molar-refractivity contribution in [1.82, 2.24) is 0 Å². The van der Waals surface area contributed by atoms with Crippen LogP contribution >= 0.6 is 0 Å². The number of hydrogen-bond donors (Lipinski definition) is 1. The number of unbranched alkanes of at least 4 members (excludes halogenated alkanes) is 10. The third kappa shape index (κ3) is 12.8. The number of hydrogen-bond acceptors (Lipinski definition) is 4. The van der Waals surface area contributed by atoms with Gasteiger partial charge in [0.1, 0.15) is 6.79 Å². The Morgan fingerprint density at radius 2 is 1.55 bits per heavy atom. The maximum atomic E-state index is 10.4. The standard InChI is InChI=1S/C25H48O4/c1-4-6-8-9-10-11-12-13-14-16-18-24(28-21-27-3)25-20-19-23(29-25)22(26)17-15-7-5-2/h5,22-26H,2,4,6-21H2,1,3H3/t22-,23-,24-,25-/m1/s1. The highest BCUT2D eigenvalue weighted by molar-refractivity contribution is 4.84. The van der Waals surface area contributed by atoms with Gasteiger partial charge in [0.15, 0.2) is 0 Å². The minimum absolute atomic E-state index is 0.0498. The third-order valence-electron chi connectivity index (χ3n) is 6.08. The summed E-state index contributed by atoms with van der Waals surface area (Å²) in [4.78, 5) is 0. The molecule has 1 aliphatic heterocycles. The van der Waals surface area contributed by atoms with Crippen LogP contribution in [0.3, 0.4) is 0 Å². The van der Waals surface area contributed by atoms with Crippen LogP contribution < -0.4 is 0 Å². The highest BCUT2D eigenvalue weighted by Crippen LogP contribution is 2.29. The van der Waals surface area contributed by atoms with Gasteiger partial charge in [-0.2, -0.15) is 0 Å². The van der Waals surface area contributed by atoms with Gasteiger partial charge in [-0.1, -0.05) is 77.2 Å². The molecule has 1 heterocycles. The van der Waals surface area contributed by atoms with E-state index in [9.17, 15) is 5.11 Å². The van der Waals surface area contributed by atoms with E-state index < -0.39 is 0 Å². The van der Waals surface area contributed by atoms with E-state index >= 15 is 0 Å². The number of aliphatic hydroxyl groups excluding tert-OH is 1. The molecule has 1 saturated heterocycles. The van der Waals surface area contributed by atoms with Crippen LogP contribution in [-0.2, 0) is 14.2 Å². The summed E-state index contributed by atoms with van der Waals surface area (Å²) in [5, 5.41) is 10.4. The highest BCUT2D eigenvalue weighted by Gasteiger charge is 2.35. The highest BCUT2D eigenvalue weighted by atomic mass is 16.7. The summed E-state index contributed by atoms with van der Waals surface area (Å²) in [6, 6.07) is 0. The summed E-state index contributed by atoms with van der Waals surface area (Å²) in [7, 11) is 1.67. The molecular formula is C25H48O4. The van der Waals surface area contributed by atoms with E-state index in [1.807, 2.05) is 6.08 Å². The second-order valence-electron chi connectivity index (χ2n) is 8.66. The van der Waals surface area contributed by atoms with E-state index in [4.69, 9.17) is 14.2 Å². The molecule has 4 nitrogen and oxygen atoms in total. The van der Waals surface area contributed by atoms with Crippen LogP contribution in [0, 0.1) is 0 Å². The maximum absolute atomic E-state index is 10.4. The van der Waals surface area contributed by atoms with E-state index in [1.54, 1.807) is 7.11 Å². The summed E-state index contributed by atoms with van der Waals surface area (Å²) in [6.45, 7) is 6.33. The first-order valence-electron chi connectivity index (χ1n) is 12.3. The molecule has 0 aliphatic carbocycles. The Morgan fingerprint density at radius 3 is 2.17 bits per heavy atom. The van der Waals surface area contributed by atoms with Crippen LogP contribution in [0.1, 0.15) is 110 Å². The molecule has 0 unspecified atom stereocenters. The summed E-state index contributed by atoms with van der Waals surface area (Å²) in [5.74, 6) is 0. The second kappa shape index (κ2) is 18.4. The van der Waals surface area contributed by atoms with Crippen LogP contribution in [0.2, 0.25) is 0 Å². The molecule has 0 amide bonds.